The number of hydrogen-bond donors (Lipinski definition) is 0. The van der Waals surface area contributed by atoms with Crippen LogP contribution in [-0.2, 0) is 0 Å². The second kappa shape index (κ2) is 8.09. The van der Waals surface area contributed by atoms with Gasteiger partial charge in [0.2, 0.25) is 0 Å². The largest absolute Gasteiger partial charge is 0.134 e. The average Bonchev–Trinajstić information content (AvgIpc) is 2.01. The van der Waals surface area contributed by atoms with Crippen LogP contribution in [0.2, 0.25) is 0 Å². The lowest BCUT2D eigenvalue weighted by Gasteiger charge is -2.07. The highest BCUT2D eigenvalue weighted by Gasteiger charge is 1.99. The molecule has 0 aliphatic heterocycles. The molecule has 0 radical (unpaired) electrons. The molecule has 0 amide bonds. The fourth-order valence-electron chi connectivity index (χ4n) is 1.07. The third kappa shape index (κ3) is 7.89. The van der Waals surface area contributed by atoms with Crippen LogP contribution in [0.25, 0.3) is 0 Å². The van der Waals surface area contributed by atoms with Gasteiger partial charge in [0.25, 0.3) is 0 Å². The Morgan fingerprint density at radius 2 is 2.09 bits per heavy atom. The van der Waals surface area contributed by atoms with E-state index < -0.39 is 0 Å². The molecule has 0 aromatic heterocycles. The van der Waals surface area contributed by atoms with Crippen molar-refractivity contribution in [1.82, 2.24) is 0 Å². The van der Waals surface area contributed by atoms with Crippen molar-refractivity contribution in [2.24, 2.45) is 0 Å². The smallest absolute Gasteiger partial charge is 0.00918 e. The van der Waals surface area contributed by atoms with Crippen LogP contribution < -0.4 is 0 Å². The molecule has 1 unspecified atom stereocenters. The van der Waals surface area contributed by atoms with E-state index in [1.165, 1.54) is 32.1 Å². The SMILES string of the molecule is C#CCC[C@@H](P)CCCCC. The molecule has 0 fully saturated rings. The van der Waals surface area contributed by atoms with E-state index in [0.717, 1.165) is 12.1 Å². The van der Waals surface area contributed by atoms with Crippen LogP contribution in [0.15, 0.2) is 0 Å². The van der Waals surface area contributed by atoms with Crippen LogP contribution in [0, 0.1) is 12.3 Å². The normalized spacial score (nSPS) is 12.5. The molecule has 0 bridgehead atoms. The summed E-state index contributed by atoms with van der Waals surface area (Å²) in [6.45, 7) is 2.24. The highest BCUT2D eigenvalue weighted by Crippen LogP contribution is 2.15. The fourth-order valence-corrected chi connectivity index (χ4v) is 1.47. The van der Waals surface area contributed by atoms with Crippen molar-refractivity contribution < 1.29 is 0 Å². The Balaban J connectivity index is 3.10. The second-order valence-corrected chi connectivity index (χ2v) is 3.94. The van der Waals surface area contributed by atoms with E-state index in [1.807, 2.05) is 0 Å². The summed E-state index contributed by atoms with van der Waals surface area (Å²) in [7, 11) is 2.88. The Hall–Kier alpha value is -0.0100. The van der Waals surface area contributed by atoms with Crippen molar-refractivity contribution in [3.05, 3.63) is 0 Å². The first kappa shape index (κ1) is 11.0. The molecule has 2 atom stereocenters. The lowest BCUT2D eigenvalue weighted by molar-refractivity contribution is 0.625. The predicted octanol–water partition coefficient (Wildman–Crippen LogP) is 3.22. The summed E-state index contributed by atoms with van der Waals surface area (Å²) in [4.78, 5) is 0. The molecule has 0 aromatic rings. The summed E-state index contributed by atoms with van der Waals surface area (Å²) in [5.41, 5.74) is 0.748. The van der Waals surface area contributed by atoms with Gasteiger partial charge in [0, 0.05) is 6.42 Å². The molecule has 0 aliphatic carbocycles. The van der Waals surface area contributed by atoms with Gasteiger partial charge in [0.1, 0.15) is 0 Å². The van der Waals surface area contributed by atoms with Gasteiger partial charge < -0.3 is 0 Å². The van der Waals surface area contributed by atoms with Gasteiger partial charge in [-0.15, -0.1) is 21.6 Å². The van der Waals surface area contributed by atoms with Crippen LogP contribution >= 0.6 is 9.24 Å². The molecule has 0 spiro atoms. The van der Waals surface area contributed by atoms with Gasteiger partial charge in [-0.2, -0.15) is 0 Å². The quantitative estimate of drug-likeness (QED) is 0.326. The first-order valence-corrected chi connectivity index (χ1v) is 5.17. The first-order chi connectivity index (χ1) is 5.31. The van der Waals surface area contributed by atoms with Gasteiger partial charge in [-0.25, -0.2) is 0 Å². The van der Waals surface area contributed by atoms with Crippen LogP contribution in [0.5, 0.6) is 0 Å². The minimum Gasteiger partial charge on any atom is -0.134 e. The summed E-state index contributed by atoms with van der Waals surface area (Å²) >= 11 is 0. The van der Waals surface area contributed by atoms with E-state index in [2.05, 4.69) is 22.1 Å². The molecule has 0 aliphatic rings. The van der Waals surface area contributed by atoms with E-state index in [9.17, 15) is 0 Å². The van der Waals surface area contributed by atoms with Crippen LogP contribution in [0.4, 0.5) is 0 Å². The fraction of sp³-hybridized carbons (Fsp3) is 0.800. The third-order valence-corrected chi connectivity index (χ3v) is 2.50. The Bertz CT molecular complexity index is 113. The molecule has 0 saturated heterocycles. The standard InChI is InChI=1S/C10H19P/c1-3-5-7-9-10(11)8-6-4-2/h2,10H,3,5-9,11H2,1H3/t10-/m1/s1. The Morgan fingerprint density at radius 1 is 1.36 bits per heavy atom. The van der Waals surface area contributed by atoms with E-state index >= 15 is 0 Å². The molecule has 64 valence electrons. The van der Waals surface area contributed by atoms with Crippen molar-refractivity contribution in [3.63, 3.8) is 0 Å². The maximum atomic E-state index is 5.17. The van der Waals surface area contributed by atoms with Gasteiger partial charge in [-0.3, -0.25) is 0 Å². The number of rotatable bonds is 6. The van der Waals surface area contributed by atoms with Crippen molar-refractivity contribution in [2.45, 2.75) is 51.1 Å². The zero-order valence-corrected chi connectivity index (χ0v) is 8.63. The Morgan fingerprint density at radius 3 is 2.64 bits per heavy atom. The van der Waals surface area contributed by atoms with Crippen molar-refractivity contribution >= 4 is 9.24 Å². The predicted molar refractivity (Wildman–Crippen MR) is 55.7 cm³/mol. The van der Waals surface area contributed by atoms with Crippen LogP contribution in [-0.4, -0.2) is 5.66 Å². The lowest BCUT2D eigenvalue weighted by Crippen LogP contribution is -1.96. The van der Waals surface area contributed by atoms with Crippen molar-refractivity contribution in [2.75, 3.05) is 0 Å². The topological polar surface area (TPSA) is 0 Å². The first-order valence-electron chi connectivity index (χ1n) is 4.50. The molecule has 0 saturated carbocycles. The second-order valence-electron chi connectivity index (χ2n) is 3.00. The summed E-state index contributed by atoms with van der Waals surface area (Å²) < 4.78 is 0. The van der Waals surface area contributed by atoms with E-state index in [1.54, 1.807) is 0 Å². The van der Waals surface area contributed by atoms with E-state index in [4.69, 9.17) is 6.42 Å². The Kier molecular flexibility index (Phi) is 8.08. The highest BCUT2D eigenvalue weighted by atomic mass is 31.0. The van der Waals surface area contributed by atoms with Gasteiger partial charge >= 0.3 is 0 Å². The maximum Gasteiger partial charge on any atom is 0.00918 e. The molecule has 1 heteroatoms. The van der Waals surface area contributed by atoms with Gasteiger partial charge in [-0.1, -0.05) is 26.2 Å². The molecule has 0 nitrogen and oxygen atoms in total. The summed E-state index contributed by atoms with van der Waals surface area (Å²) in [6.07, 6.45) is 12.6. The molecule has 0 heterocycles. The van der Waals surface area contributed by atoms with Crippen molar-refractivity contribution in [1.29, 1.82) is 0 Å². The molecule has 0 N–H and O–H groups in total. The average molecular weight is 170 g/mol. The Labute approximate surface area is 73.4 Å². The summed E-state index contributed by atoms with van der Waals surface area (Å²) in [5.74, 6) is 2.68. The molecular formula is C10H19P. The van der Waals surface area contributed by atoms with Crippen LogP contribution in [0.1, 0.15) is 45.4 Å². The maximum absolute atomic E-state index is 5.17. The molecule has 0 rings (SSSR count). The summed E-state index contributed by atoms with van der Waals surface area (Å²) in [5, 5.41) is 0. The van der Waals surface area contributed by atoms with Gasteiger partial charge in [0.05, 0.1) is 0 Å². The minimum atomic E-state index is 0.748. The number of unbranched alkanes of at least 4 members (excludes halogenated alkanes) is 2. The van der Waals surface area contributed by atoms with E-state index in [-0.39, 0.29) is 0 Å². The van der Waals surface area contributed by atoms with Crippen molar-refractivity contribution in [3.8, 4) is 12.3 Å². The molecular weight excluding hydrogens is 151 g/mol. The zero-order valence-electron chi connectivity index (χ0n) is 7.47. The lowest BCUT2D eigenvalue weighted by atomic mass is 10.1. The minimum absolute atomic E-state index is 0.748. The van der Waals surface area contributed by atoms with E-state index in [0.29, 0.717) is 0 Å². The van der Waals surface area contributed by atoms with Gasteiger partial charge in [-0.05, 0) is 18.5 Å². The zero-order chi connectivity index (χ0) is 8.53. The highest BCUT2D eigenvalue weighted by molar-refractivity contribution is 7.17. The molecule has 0 aromatic carbocycles. The number of hydrogen-bond acceptors (Lipinski definition) is 0. The van der Waals surface area contributed by atoms with Crippen LogP contribution in [0.3, 0.4) is 0 Å². The van der Waals surface area contributed by atoms with Gasteiger partial charge in [0.15, 0.2) is 0 Å². The third-order valence-electron chi connectivity index (χ3n) is 1.84. The summed E-state index contributed by atoms with van der Waals surface area (Å²) in [6, 6.07) is 0. The molecule has 11 heavy (non-hydrogen) atoms. The monoisotopic (exact) mass is 170 g/mol. The number of terminal acetylenes is 1.